The van der Waals surface area contributed by atoms with E-state index in [9.17, 15) is 4.79 Å². The van der Waals surface area contributed by atoms with Crippen LogP contribution in [0.25, 0.3) is 0 Å². The van der Waals surface area contributed by atoms with Crippen molar-refractivity contribution in [3.05, 3.63) is 35.9 Å². The summed E-state index contributed by atoms with van der Waals surface area (Å²) < 4.78 is 5.23. The van der Waals surface area contributed by atoms with Crippen LogP contribution in [0.1, 0.15) is 32.3 Å². The number of rotatable bonds is 9. The number of alkyl carbamates (subject to hydrolysis) is 1. The highest BCUT2D eigenvalue weighted by atomic mass is 16.5. The molecule has 1 saturated carbocycles. The van der Waals surface area contributed by atoms with Crippen molar-refractivity contribution in [2.24, 2.45) is 0 Å². The number of carbonyl (C=O) groups excluding carboxylic acids is 1. The van der Waals surface area contributed by atoms with Crippen molar-refractivity contribution in [2.45, 2.75) is 45.4 Å². The normalized spacial score (nSPS) is 20.1. The fourth-order valence-corrected chi connectivity index (χ4v) is 2.80. The van der Waals surface area contributed by atoms with Crippen LogP contribution in [0.5, 0.6) is 0 Å². The highest BCUT2D eigenvalue weighted by Gasteiger charge is 2.30. The van der Waals surface area contributed by atoms with Crippen LogP contribution in [0.15, 0.2) is 30.3 Å². The van der Waals surface area contributed by atoms with Gasteiger partial charge in [0.25, 0.3) is 0 Å². The third-order valence-corrected chi connectivity index (χ3v) is 4.43. The van der Waals surface area contributed by atoms with Gasteiger partial charge in [-0.25, -0.2) is 4.79 Å². The highest BCUT2D eigenvalue weighted by molar-refractivity contribution is 5.67. The van der Waals surface area contributed by atoms with Crippen molar-refractivity contribution in [3.63, 3.8) is 0 Å². The lowest BCUT2D eigenvalue weighted by Gasteiger charge is -2.36. The average Bonchev–Trinajstić information content (AvgIpc) is 2.55. The molecule has 0 heterocycles. The van der Waals surface area contributed by atoms with E-state index in [-0.39, 0.29) is 12.1 Å². The molecule has 0 aromatic heterocycles. The van der Waals surface area contributed by atoms with Gasteiger partial charge in [-0.1, -0.05) is 44.2 Å². The molecule has 1 aliphatic rings. The first-order valence-corrected chi connectivity index (χ1v) is 8.64. The van der Waals surface area contributed by atoms with Crippen molar-refractivity contribution in [1.82, 2.24) is 15.5 Å². The van der Waals surface area contributed by atoms with Gasteiger partial charge in [-0.05, 0) is 31.5 Å². The molecule has 0 spiro atoms. The molecule has 2 N–H and O–H groups in total. The summed E-state index contributed by atoms with van der Waals surface area (Å²) in [5.74, 6) is 0. The van der Waals surface area contributed by atoms with Crippen molar-refractivity contribution in [2.75, 3.05) is 26.2 Å². The summed E-state index contributed by atoms with van der Waals surface area (Å²) in [7, 11) is 0. The van der Waals surface area contributed by atoms with Gasteiger partial charge in [-0.3, -0.25) is 0 Å². The summed E-state index contributed by atoms with van der Waals surface area (Å²) in [6, 6.07) is 10.5. The number of nitrogens with zero attached hydrogens (tertiary/aromatic N) is 1. The van der Waals surface area contributed by atoms with E-state index in [4.69, 9.17) is 4.74 Å². The Morgan fingerprint density at radius 2 is 1.87 bits per heavy atom. The Balaban J connectivity index is 1.52. The van der Waals surface area contributed by atoms with Crippen molar-refractivity contribution in [1.29, 1.82) is 0 Å². The van der Waals surface area contributed by atoms with Gasteiger partial charge >= 0.3 is 6.09 Å². The number of hydrogen-bond acceptors (Lipinski definition) is 4. The Kier molecular flexibility index (Phi) is 7.36. The predicted molar refractivity (Wildman–Crippen MR) is 92.4 cm³/mol. The van der Waals surface area contributed by atoms with Gasteiger partial charge in [0.05, 0.1) is 0 Å². The monoisotopic (exact) mass is 319 g/mol. The van der Waals surface area contributed by atoms with Gasteiger partial charge in [-0.15, -0.1) is 0 Å². The quantitative estimate of drug-likeness (QED) is 0.734. The van der Waals surface area contributed by atoms with E-state index in [1.54, 1.807) is 0 Å². The first-order chi connectivity index (χ1) is 11.2. The molecule has 0 aliphatic heterocycles. The highest BCUT2D eigenvalue weighted by Crippen LogP contribution is 2.19. The molecule has 5 heteroatoms. The standard InChI is InChI=1S/C18H29N3O2/c1-3-21(4-2)11-10-19-16-12-17(13-16)20-18(22)23-14-15-8-6-5-7-9-15/h5-9,16-17,19H,3-4,10-14H2,1-2H3,(H,20,22). The van der Waals surface area contributed by atoms with Crippen molar-refractivity contribution in [3.8, 4) is 0 Å². The molecule has 2 rings (SSSR count). The lowest BCUT2D eigenvalue weighted by molar-refractivity contribution is 0.125. The summed E-state index contributed by atoms with van der Waals surface area (Å²) >= 11 is 0. The number of ether oxygens (including phenoxy) is 1. The molecule has 0 unspecified atom stereocenters. The van der Waals surface area contributed by atoms with Crippen molar-refractivity contribution >= 4 is 6.09 Å². The zero-order valence-corrected chi connectivity index (χ0v) is 14.3. The van der Waals surface area contributed by atoms with Gasteiger partial charge in [0.15, 0.2) is 0 Å². The molecule has 1 aromatic rings. The third kappa shape index (κ3) is 6.20. The Hall–Kier alpha value is -1.59. The second-order valence-electron chi connectivity index (χ2n) is 6.05. The summed E-state index contributed by atoms with van der Waals surface area (Å²) in [4.78, 5) is 14.2. The molecular weight excluding hydrogens is 290 g/mol. The van der Waals surface area contributed by atoms with Gasteiger partial charge in [-0.2, -0.15) is 0 Å². The van der Waals surface area contributed by atoms with E-state index in [1.807, 2.05) is 30.3 Å². The Labute approximate surface area is 139 Å². The minimum Gasteiger partial charge on any atom is -0.445 e. The zero-order chi connectivity index (χ0) is 16.5. The number of amides is 1. The van der Waals surface area contributed by atoms with E-state index >= 15 is 0 Å². The summed E-state index contributed by atoms with van der Waals surface area (Å²) in [6.45, 7) is 8.99. The topological polar surface area (TPSA) is 53.6 Å². The molecule has 128 valence electrons. The fourth-order valence-electron chi connectivity index (χ4n) is 2.80. The Bertz CT molecular complexity index is 457. The smallest absolute Gasteiger partial charge is 0.407 e. The number of likely N-dealkylation sites (N-methyl/N-ethyl adjacent to an activating group) is 1. The maximum atomic E-state index is 11.7. The predicted octanol–water partition coefficient (Wildman–Crippen LogP) is 2.38. The molecular formula is C18H29N3O2. The van der Waals surface area contributed by atoms with Crippen LogP contribution in [0.3, 0.4) is 0 Å². The van der Waals surface area contributed by atoms with Crippen molar-refractivity contribution < 1.29 is 9.53 Å². The second kappa shape index (κ2) is 9.53. The summed E-state index contributed by atoms with van der Waals surface area (Å²) in [5.41, 5.74) is 1.01. The number of benzene rings is 1. The first-order valence-electron chi connectivity index (χ1n) is 8.64. The molecule has 0 saturated heterocycles. The minimum absolute atomic E-state index is 0.240. The minimum atomic E-state index is -0.319. The average molecular weight is 319 g/mol. The third-order valence-electron chi connectivity index (χ3n) is 4.43. The Morgan fingerprint density at radius 1 is 1.17 bits per heavy atom. The largest absolute Gasteiger partial charge is 0.445 e. The number of carbonyl (C=O) groups is 1. The van der Waals surface area contributed by atoms with Gasteiger partial charge < -0.3 is 20.3 Å². The number of hydrogen-bond donors (Lipinski definition) is 2. The number of nitrogens with one attached hydrogen (secondary N) is 2. The molecule has 1 fully saturated rings. The molecule has 1 aromatic carbocycles. The van der Waals surface area contributed by atoms with Crippen LogP contribution in [-0.2, 0) is 11.3 Å². The Morgan fingerprint density at radius 3 is 2.52 bits per heavy atom. The van der Waals surface area contributed by atoms with Gasteiger partial charge in [0, 0.05) is 25.2 Å². The molecule has 0 radical (unpaired) electrons. The SMILES string of the molecule is CCN(CC)CCNC1CC(NC(=O)OCc2ccccc2)C1. The maximum absolute atomic E-state index is 11.7. The maximum Gasteiger partial charge on any atom is 0.407 e. The molecule has 23 heavy (non-hydrogen) atoms. The van der Waals surface area contributed by atoms with Crippen LogP contribution in [0.4, 0.5) is 4.79 Å². The first kappa shape index (κ1) is 17.8. The van der Waals surface area contributed by atoms with E-state index in [0.717, 1.165) is 44.6 Å². The summed E-state index contributed by atoms with van der Waals surface area (Å²) in [6.07, 6.45) is 1.65. The second-order valence-corrected chi connectivity index (χ2v) is 6.05. The van der Waals surface area contributed by atoms with E-state index < -0.39 is 0 Å². The van der Waals surface area contributed by atoms with Crippen LogP contribution in [0, 0.1) is 0 Å². The van der Waals surface area contributed by atoms with E-state index in [0.29, 0.717) is 12.6 Å². The van der Waals surface area contributed by atoms with E-state index in [2.05, 4.69) is 29.4 Å². The lowest BCUT2D eigenvalue weighted by Crippen LogP contribution is -2.53. The molecule has 1 aliphatic carbocycles. The van der Waals surface area contributed by atoms with Crippen LogP contribution < -0.4 is 10.6 Å². The van der Waals surface area contributed by atoms with Gasteiger partial charge in [0.2, 0.25) is 0 Å². The van der Waals surface area contributed by atoms with Crippen LogP contribution in [-0.4, -0.2) is 49.3 Å². The fraction of sp³-hybridized carbons (Fsp3) is 0.611. The zero-order valence-electron chi connectivity index (χ0n) is 14.3. The molecule has 5 nitrogen and oxygen atoms in total. The molecule has 1 amide bonds. The lowest BCUT2D eigenvalue weighted by atomic mass is 9.87. The van der Waals surface area contributed by atoms with Crippen LogP contribution in [0.2, 0.25) is 0 Å². The van der Waals surface area contributed by atoms with Gasteiger partial charge in [0.1, 0.15) is 6.61 Å². The summed E-state index contributed by atoms with van der Waals surface area (Å²) in [5, 5.41) is 6.47. The molecule has 0 atom stereocenters. The molecule has 0 bridgehead atoms. The van der Waals surface area contributed by atoms with E-state index in [1.165, 1.54) is 0 Å². The van der Waals surface area contributed by atoms with Crippen LogP contribution >= 0.6 is 0 Å².